The molecule has 0 atom stereocenters. The molecule has 0 bridgehead atoms. The van der Waals surface area contributed by atoms with Crippen LogP contribution in [0.2, 0.25) is 0 Å². The van der Waals surface area contributed by atoms with Gasteiger partial charge < -0.3 is 15.2 Å². The Balaban J connectivity index is 1.90. The van der Waals surface area contributed by atoms with Crippen LogP contribution in [0.5, 0.6) is 23.0 Å². The van der Waals surface area contributed by atoms with Crippen molar-refractivity contribution in [2.24, 2.45) is 0 Å². The monoisotopic (exact) mass is 409 g/mol. The van der Waals surface area contributed by atoms with Gasteiger partial charge in [-0.15, -0.1) is 0 Å². The minimum Gasteiger partial charge on any atom is -0.457 e. The Kier molecular flexibility index (Phi) is 5.68. The minimum atomic E-state index is 0.604. The van der Waals surface area contributed by atoms with Gasteiger partial charge in [0.05, 0.1) is 5.69 Å². The van der Waals surface area contributed by atoms with E-state index in [1.54, 1.807) is 0 Å². The van der Waals surface area contributed by atoms with E-state index in [1.165, 1.54) is 0 Å². The highest BCUT2D eigenvalue weighted by Crippen LogP contribution is 2.45. The summed E-state index contributed by atoms with van der Waals surface area (Å²) in [5.41, 5.74) is 13.4. The Bertz CT molecular complexity index is 1240. The van der Waals surface area contributed by atoms with Crippen LogP contribution in [-0.4, -0.2) is 0 Å². The van der Waals surface area contributed by atoms with Gasteiger partial charge in [0.25, 0.3) is 0 Å². The van der Waals surface area contributed by atoms with Crippen LogP contribution >= 0.6 is 0 Å². The Morgan fingerprint density at radius 2 is 1.06 bits per heavy atom. The number of aryl methyl sites for hydroxylation is 3. The van der Waals surface area contributed by atoms with E-state index in [0.29, 0.717) is 11.4 Å². The highest BCUT2D eigenvalue weighted by atomic mass is 16.5. The van der Waals surface area contributed by atoms with Crippen molar-refractivity contribution in [1.82, 2.24) is 0 Å². The number of ether oxygens (including phenoxy) is 2. The number of nitrogens with two attached hydrogens (primary N) is 1. The second-order valence-corrected chi connectivity index (χ2v) is 7.84. The van der Waals surface area contributed by atoms with E-state index in [2.05, 4.69) is 19.1 Å². The average Bonchev–Trinajstić information content (AvgIpc) is 2.76. The summed E-state index contributed by atoms with van der Waals surface area (Å²) in [5, 5.41) is 0. The third-order valence-electron chi connectivity index (χ3n) is 5.57. The first-order valence-electron chi connectivity index (χ1n) is 10.4. The quantitative estimate of drug-likeness (QED) is 0.343. The van der Waals surface area contributed by atoms with Gasteiger partial charge >= 0.3 is 0 Å². The summed E-state index contributed by atoms with van der Waals surface area (Å²) in [7, 11) is 0. The zero-order valence-electron chi connectivity index (χ0n) is 18.4. The lowest BCUT2D eigenvalue weighted by Crippen LogP contribution is -2.02. The smallest absolute Gasteiger partial charge is 0.157 e. The molecule has 0 saturated carbocycles. The van der Waals surface area contributed by atoms with Gasteiger partial charge in [-0.05, 0) is 68.1 Å². The number of benzene rings is 4. The molecule has 0 radical (unpaired) electrons. The zero-order valence-corrected chi connectivity index (χ0v) is 18.4. The number of anilines is 1. The normalized spacial score (nSPS) is 10.7. The van der Waals surface area contributed by atoms with Crippen LogP contribution in [0.25, 0.3) is 11.1 Å². The summed E-state index contributed by atoms with van der Waals surface area (Å²) < 4.78 is 12.7. The van der Waals surface area contributed by atoms with E-state index in [4.69, 9.17) is 15.2 Å². The van der Waals surface area contributed by atoms with Crippen molar-refractivity contribution in [2.75, 3.05) is 5.73 Å². The molecule has 0 aliphatic rings. The zero-order chi connectivity index (χ0) is 22.0. The van der Waals surface area contributed by atoms with Gasteiger partial charge in [0.1, 0.15) is 17.2 Å². The molecular weight excluding hydrogens is 382 g/mol. The van der Waals surface area contributed by atoms with Gasteiger partial charge in [-0.1, -0.05) is 60.7 Å². The maximum atomic E-state index is 6.69. The van der Waals surface area contributed by atoms with Gasteiger partial charge in [0.15, 0.2) is 5.75 Å². The maximum absolute atomic E-state index is 6.69. The summed E-state index contributed by atoms with van der Waals surface area (Å²) in [5.74, 6) is 2.94. The van der Waals surface area contributed by atoms with Gasteiger partial charge in [0, 0.05) is 11.1 Å². The highest BCUT2D eigenvalue weighted by molar-refractivity contribution is 5.85. The molecule has 0 spiro atoms. The standard InChI is InChI=1S/C28H27NO2/c1-18-11-5-8-14-22(18)23-17-26(30-24-15-9-6-12-19(24)2)21(4)28(27(23)29)31-25-16-10-7-13-20(25)3/h5-17H,29H2,1-4H3. The lowest BCUT2D eigenvalue weighted by molar-refractivity contribution is 0.452. The summed E-state index contributed by atoms with van der Waals surface area (Å²) in [4.78, 5) is 0. The predicted octanol–water partition coefficient (Wildman–Crippen LogP) is 7.75. The Morgan fingerprint density at radius 1 is 0.548 bits per heavy atom. The molecule has 4 rings (SSSR count). The molecule has 4 aromatic rings. The molecule has 0 aliphatic carbocycles. The number of para-hydroxylation sites is 2. The molecule has 4 aromatic carbocycles. The molecule has 0 aromatic heterocycles. The van der Waals surface area contributed by atoms with E-state index in [1.807, 2.05) is 87.5 Å². The third kappa shape index (κ3) is 4.13. The van der Waals surface area contributed by atoms with Crippen LogP contribution < -0.4 is 15.2 Å². The van der Waals surface area contributed by atoms with E-state index in [-0.39, 0.29) is 0 Å². The van der Waals surface area contributed by atoms with Crippen LogP contribution in [-0.2, 0) is 0 Å². The van der Waals surface area contributed by atoms with Gasteiger partial charge in [-0.2, -0.15) is 0 Å². The first-order valence-corrected chi connectivity index (χ1v) is 10.4. The summed E-state index contributed by atoms with van der Waals surface area (Å²) >= 11 is 0. The second kappa shape index (κ2) is 8.57. The number of hydrogen-bond donors (Lipinski definition) is 1. The fraction of sp³-hybridized carbons (Fsp3) is 0.143. The first kappa shape index (κ1) is 20.5. The predicted molar refractivity (Wildman–Crippen MR) is 128 cm³/mol. The molecule has 0 unspecified atom stereocenters. The molecule has 31 heavy (non-hydrogen) atoms. The van der Waals surface area contributed by atoms with Gasteiger partial charge in [0.2, 0.25) is 0 Å². The summed E-state index contributed by atoms with van der Waals surface area (Å²) in [6, 6.07) is 26.1. The number of hydrogen-bond acceptors (Lipinski definition) is 3. The van der Waals surface area contributed by atoms with E-state index in [9.17, 15) is 0 Å². The molecule has 3 heteroatoms. The summed E-state index contributed by atoms with van der Waals surface area (Å²) in [6.45, 7) is 8.13. The van der Waals surface area contributed by atoms with Gasteiger partial charge in [-0.25, -0.2) is 0 Å². The van der Waals surface area contributed by atoms with Crippen LogP contribution in [0, 0.1) is 27.7 Å². The number of rotatable bonds is 5. The van der Waals surface area contributed by atoms with Crippen LogP contribution in [0.3, 0.4) is 0 Å². The minimum absolute atomic E-state index is 0.604. The van der Waals surface area contributed by atoms with Gasteiger partial charge in [-0.3, -0.25) is 0 Å². The second-order valence-electron chi connectivity index (χ2n) is 7.84. The molecule has 3 nitrogen and oxygen atoms in total. The van der Waals surface area contributed by atoms with E-state index >= 15 is 0 Å². The van der Waals surface area contributed by atoms with E-state index in [0.717, 1.165) is 50.6 Å². The van der Waals surface area contributed by atoms with Crippen LogP contribution in [0.15, 0.2) is 78.9 Å². The largest absolute Gasteiger partial charge is 0.457 e. The maximum Gasteiger partial charge on any atom is 0.157 e. The van der Waals surface area contributed by atoms with E-state index < -0.39 is 0 Å². The SMILES string of the molecule is Cc1ccccc1Oc1cc(-c2ccccc2C)c(N)c(Oc2ccccc2C)c1C. The molecule has 0 heterocycles. The van der Waals surface area contributed by atoms with Crippen molar-refractivity contribution in [3.8, 4) is 34.1 Å². The molecule has 0 aliphatic heterocycles. The first-order chi connectivity index (χ1) is 15.0. The molecule has 0 amide bonds. The molecule has 156 valence electrons. The fourth-order valence-corrected chi connectivity index (χ4v) is 3.66. The number of nitrogen functional groups attached to an aromatic ring is 1. The van der Waals surface area contributed by atoms with Crippen LogP contribution in [0.1, 0.15) is 22.3 Å². The van der Waals surface area contributed by atoms with Crippen molar-refractivity contribution in [1.29, 1.82) is 0 Å². The average molecular weight is 410 g/mol. The third-order valence-corrected chi connectivity index (χ3v) is 5.57. The Morgan fingerprint density at radius 3 is 1.65 bits per heavy atom. The molecule has 0 fully saturated rings. The highest BCUT2D eigenvalue weighted by Gasteiger charge is 2.20. The van der Waals surface area contributed by atoms with Crippen molar-refractivity contribution in [2.45, 2.75) is 27.7 Å². The lowest BCUT2D eigenvalue weighted by atomic mass is 9.96. The molecule has 0 saturated heterocycles. The van der Waals surface area contributed by atoms with Crippen molar-refractivity contribution in [3.05, 3.63) is 101 Å². The fourth-order valence-electron chi connectivity index (χ4n) is 3.66. The lowest BCUT2D eigenvalue weighted by Gasteiger charge is -2.21. The topological polar surface area (TPSA) is 44.5 Å². The molecular formula is C28H27NO2. The Hall–Kier alpha value is -3.72. The summed E-state index contributed by atoms with van der Waals surface area (Å²) in [6.07, 6.45) is 0. The van der Waals surface area contributed by atoms with Crippen molar-refractivity contribution >= 4 is 5.69 Å². The molecule has 2 N–H and O–H groups in total. The Labute approximate surface area is 184 Å². The van der Waals surface area contributed by atoms with Crippen molar-refractivity contribution in [3.63, 3.8) is 0 Å². The van der Waals surface area contributed by atoms with Crippen LogP contribution in [0.4, 0.5) is 5.69 Å². The van der Waals surface area contributed by atoms with Crippen molar-refractivity contribution < 1.29 is 9.47 Å².